The van der Waals surface area contributed by atoms with E-state index in [1.54, 1.807) is 0 Å². The molecule has 2 aromatic rings. The molecular formula is C13H12N2O3. The van der Waals surface area contributed by atoms with E-state index >= 15 is 0 Å². The van der Waals surface area contributed by atoms with Gasteiger partial charge in [0.15, 0.2) is 0 Å². The third kappa shape index (κ3) is 2.02. The number of nitrogens with one attached hydrogen (secondary N) is 1. The average Bonchev–Trinajstić information content (AvgIpc) is 2.27. The molecule has 1 aromatic heterocycles. The predicted molar refractivity (Wildman–Crippen MR) is 66.7 cm³/mol. The summed E-state index contributed by atoms with van der Waals surface area (Å²) in [6.07, 6.45) is 0. The molecule has 1 aromatic carbocycles. The van der Waals surface area contributed by atoms with Crippen LogP contribution in [-0.2, 0) is 0 Å². The van der Waals surface area contributed by atoms with E-state index in [9.17, 15) is 9.59 Å². The summed E-state index contributed by atoms with van der Waals surface area (Å²) < 4.78 is 0. The van der Waals surface area contributed by atoms with Crippen molar-refractivity contribution in [2.24, 2.45) is 0 Å². The fraction of sp³-hybridized carbons (Fsp3) is 0.154. The topological polar surface area (TPSA) is 83.0 Å². The average molecular weight is 244 g/mol. The van der Waals surface area contributed by atoms with Gasteiger partial charge in [-0.15, -0.1) is 0 Å². The van der Waals surface area contributed by atoms with Crippen molar-refractivity contribution in [2.75, 3.05) is 0 Å². The molecule has 0 aliphatic carbocycles. The highest BCUT2D eigenvalue weighted by Gasteiger charge is 2.15. The van der Waals surface area contributed by atoms with Crippen molar-refractivity contribution in [1.29, 1.82) is 0 Å². The van der Waals surface area contributed by atoms with Crippen LogP contribution < -0.4 is 5.56 Å². The van der Waals surface area contributed by atoms with Gasteiger partial charge in [0.25, 0.3) is 5.56 Å². The lowest BCUT2D eigenvalue weighted by Gasteiger charge is -2.06. The van der Waals surface area contributed by atoms with Gasteiger partial charge in [-0.2, -0.15) is 0 Å². The van der Waals surface area contributed by atoms with Crippen molar-refractivity contribution in [3.05, 3.63) is 51.4 Å². The summed E-state index contributed by atoms with van der Waals surface area (Å²) in [4.78, 5) is 29.3. The van der Waals surface area contributed by atoms with Crippen molar-refractivity contribution < 1.29 is 9.90 Å². The van der Waals surface area contributed by atoms with Crippen LogP contribution in [0.4, 0.5) is 0 Å². The summed E-state index contributed by atoms with van der Waals surface area (Å²) in [5.74, 6) is -0.877. The second-order valence-electron chi connectivity index (χ2n) is 4.00. The van der Waals surface area contributed by atoms with Crippen LogP contribution >= 0.6 is 0 Å². The van der Waals surface area contributed by atoms with Crippen LogP contribution in [0, 0.1) is 13.8 Å². The number of carboxylic acid groups (broad SMARTS) is 1. The molecule has 2 N–H and O–H groups in total. The van der Waals surface area contributed by atoms with Crippen LogP contribution in [0.1, 0.15) is 21.6 Å². The largest absolute Gasteiger partial charge is 0.477 e. The molecule has 1 heterocycles. The zero-order valence-electron chi connectivity index (χ0n) is 10.0. The molecule has 0 amide bonds. The monoisotopic (exact) mass is 244 g/mol. The minimum Gasteiger partial charge on any atom is -0.477 e. The fourth-order valence-electron chi connectivity index (χ4n) is 1.80. The van der Waals surface area contributed by atoms with Crippen LogP contribution in [0.2, 0.25) is 0 Å². The van der Waals surface area contributed by atoms with Crippen LogP contribution in [0.5, 0.6) is 0 Å². The van der Waals surface area contributed by atoms with Gasteiger partial charge in [0.1, 0.15) is 11.4 Å². The lowest BCUT2D eigenvalue weighted by atomic mass is 10.1. The first kappa shape index (κ1) is 12.0. The SMILES string of the molecule is Cc1ccccc1-c1nc(C)c(C(=O)O)c(=O)[nH]1. The Morgan fingerprint density at radius 1 is 1.28 bits per heavy atom. The molecule has 5 nitrogen and oxygen atoms in total. The van der Waals surface area contributed by atoms with Gasteiger partial charge >= 0.3 is 5.97 Å². The Morgan fingerprint density at radius 2 is 1.94 bits per heavy atom. The summed E-state index contributed by atoms with van der Waals surface area (Å²) in [6, 6.07) is 7.45. The smallest absolute Gasteiger partial charge is 0.343 e. The van der Waals surface area contributed by atoms with E-state index in [-0.39, 0.29) is 11.3 Å². The Hall–Kier alpha value is -2.43. The lowest BCUT2D eigenvalue weighted by Crippen LogP contribution is -2.21. The Labute approximate surface area is 103 Å². The molecule has 5 heteroatoms. The maximum atomic E-state index is 11.7. The zero-order chi connectivity index (χ0) is 13.3. The van der Waals surface area contributed by atoms with E-state index in [0.717, 1.165) is 11.1 Å². The summed E-state index contributed by atoms with van der Waals surface area (Å²) in [5.41, 5.74) is 1.02. The molecule has 0 saturated carbocycles. The Balaban J connectivity index is 2.67. The Bertz CT molecular complexity index is 674. The predicted octanol–water partition coefficient (Wildman–Crippen LogP) is 1.75. The van der Waals surface area contributed by atoms with Crippen LogP contribution in [0.15, 0.2) is 29.1 Å². The van der Waals surface area contributed by atoms with Crippen molar-refractivity contribution in [1.82, 2.24) is 9.97 Å². The standard InChI is InChI=1S/C13H12N2O3/c1-7-5-3-4-6-9(7)11-14-8(2)10(13(17)18)12(16)15-11/h3-6H,1-2H3,(H,17,18)(H,14,15,16). The summed E-state index contributed by atoms with van der Waals surface area (Å²) in [6.45, 7) is 3.41. The van der Waals surface area contributed by atoms with Crippen molar-refractivity contribution in [3.8, 4) is 11.4 Å². The quantitative estimate of drug-likeness (QED) is 0.843. The highest BCUT2D eigenvalue weighted by Crippen LogP contribution is 2.18. The van der Waals surface area contributed by atoms with Gasteiger partial charge in [0.05, 0.1) is 5.69 Å². The molecule has 0 saturated heterocycles. The Kier molecular flexibility index (Phi) is 2.97. The van der Waals surface area contributed by atoms with E-state index in [2.05, 4.69) is 9.97 Å². The first-order valence-corrected chi connectivity index (χ1v) is 5.41. The van der Waals surface area contributed by atoms with Gasteiger partial charge < -0.3 is 10.1 Å². The number of H-pyrrole nitrogens is 1. The van der Waals surface area contributed by atoms with E-state index in [1.807, 2.05) is 31.2 Å². The third-order valence-corrected chi connectivity index (χ3v) is 2.71. The van der Waals surface area contributed by atoms with Gasteiger partial charge in [0.2, 0.25) is 0 Å². The molecule has 2 rings (SSSR count). The number of carbonyl (C=O) groups is 1. The summed E-state index contributed by atoms with van der Waals surface area (Å²) in [5, 5.41) is 8.90. The highest BCUT2D eigenvalue weighted by molar-refractivity contribution is 5.88. The minimum absolute atomic E-state index is 0.213. The van der Waals surface area contributed by atoms with Crippen LogP contribution in [-0.4, -0.2) is 21.0 Å². The molecule has 0 aliphatic heterocycles. The normalized spacial score (nSPS) is 10.3. The molecule has 0 atom stereocenters. The van der Waals surface area contributed by atoms with E-state index in [1.165, 1.54) is 6.92 Å². The Morgan fingerprint density at radius 3 is 2.50 bits per heavy atom. The molecule has 0 bridgehead atoms. The van der Waals surface area contributed by atoms with Crippen molar-refractivity contribution in [2.45, 2.75) is 13.8 Å². The fourth-order valence-corrected chi connectivity index (χ4v) is 1.80. The number of carboxylic acids is 1. The number of aryl methyl sites for hydroxylation is 2. The number of hydrogen-bond acceptors (Lipinski definition) is 3. The van der Waals surface area contributed by atoms with Gasteiger partial charge in [0, 0.05) is 5.56 Å². The van der Waals surface area contributed by atoms with E-state index < -0.39 is 11.5 Å². The number of benzene rings is 1. The minimum atomic E-state index is -1.27. The number of rotatable bonds is 2. The number of aromatic carboxylic acids is 1. The second kappa shape index (κ2) is 4.44. The van der Waals surface area contributed by atoms with Gasteiger partial charge in [-0.3, -0.25) is 4.79 Å². The van der Waals surface area contributed by atoms with E-state index in [0.29, 0.717) is 5.82 Å². The number of hydrogen-bond donors (Lipinski definition) is 2. The first-order valence-electron chi connectivity index (χ1n) is 5.41. The summed E-state index contributed by atoms with van der Waals surface area (Å²) >= 11 is 0. The van der Waals surface area contributed by atoms with Gasteiger partial charge in [-0.05, 0) is 19.4 Å². The summed E-state index contributed by atoms with van der Waals surface area (Å²) in [7, 11) is 0. The first-order chi connectivity index (χ1) is 8.50. The maximum absolute atomic E-state index is 11.7. The maximum Gasteiger partial charge on any atom is 0.343 e. The number of aromatic amines is 1. The van der Waals surface area contributed by atoms with E-state index in [4.69, 9.17) is 5.11 Å². The molecule has 0 spiro atoms. The van der Waals surface area contributed by atoms with Crippen molar-refractivity contribution >= 4 is 5.97 Å². The van der Waals surface area contributed by atoms with Crippen molar-refractivity contribution in [3.63, 3.8) is 0 Å². The zero-order valence-corrected chi connectivity index (χ0v) is 10.0. The molecule has 0 radical (unpaired) electrons. The molecule has 0 aliphatic rings. The highest BCUT2D eigenvalue weighted by atomic mass is 16.4. The molecule has 0 fully saturated rings. The molecule has 92 valence electrons. The third-order valence-electron chi connectivity index (χ3n) is 2.71. The molecule has 18 heavy (non-hydrogen) atoms. The lowest BCUT2D eigenvalue weighted by molar-refractivity contribution is 0.0693. The molecule has 0 unspecified atom stereocenters. The number of aromatic nitrogens is 2. The second-order valence-corrected chi connectivity index (χ2v) is 4.00. The van der Waals surface area contributed by atoms with Gasteiger partial charge in [-0.1, -0.05) is 24.3 Å². The molecular weight excluding hydrogens is 232 g/mol. The van der Waals surface area contributed by atoms with Crippen LogP contribution in [0.3, 0.4) is 0 Å². The van der Waals surface area contributed by atoms with Gasteiger partial charge in [-0.25, -0.2) is 9.78 Å². The number of nitrogens with zero attached hydrogens (tertiary/aromatic N) is 1. The van der Waals surface area contributed by atoms with Crippen LogP contribution in [0.25, 0.3) is 11.4 Å².